The van der Waals surface area contributed by atoms with E-state index in [9.17, 15) is 9.59 Å². The highest BCUT2D eigenvalue weighted by Gasteiger charge is 2.23. The van der Waals surface area contributed by atoms with Crippen molar-refractivity contribution in [2.75, 3.05) is 27.3 Å². The summed E-state index contributed by atoms with van der Waals surface area (Å²) in [7, 11) is 3.08. The van der Waals surface area contributed by atoms with Gasteiger partial charge in [-0.3, -0.25) is 9.59 Å². The molecule has 1 heterocycles. The van der Waals surface area contributed by atoms with Gasteiger partial charge in [0, 0.05) is 24.7 Å². The molecule has 1 aromatic carbocycles. The predicted molar refractivity (Wildman–Crippen MR) is 99.7 cm³/mol. The number of methoxy groups -OCH3 is 2. The van der Waals surface area contributed by atoms with E-state index in [1.807, 2.05) is 26.0 Å². The molecule has 0 aliphatic carbocycles. The van der Waals surface area contributed by atoms with Crippen molar-refractivity contribution in [3.63, 3.8) is 0 Å². The summed E-state index contributed by atoms with van der Waals surface area (Å²) in [5.41, 5.74) is 0.875. The molecule has 26 heavy (non-hydrogen) atoms. The Hall–Kier alpha value is -2.83. The topological polar surface area (TPSA) is 73.7 Å². The summed E-state index contributed by atoms with van der Waals surface area (Å²) < 4.78 is 11.7. The second-order valence-corrected chi connectivity index (χ2v) is 5.76. The molecule has 0 saturated carbocycles. The fourth-order valence-electron chi connectivity index (χ4n) is 2.74. The van der Waals surface area contributed by atoms with Crippen LogP contribution in [-0.2, 0) is 4.79 Å². The molecule has 1 amide bonds. The van der Waals surface area contributed by atoms with Crippen LogP contribution in [0.25, 0.3) is 11.3 Å². The van der Waals surface area contributed by atoms with Gasteiger partial charge in [-0.25, -0.2) is 4.68 Å². The minimum absolute atomic E-state index is 0.143. The van der Waals surface area contributed by atoms with E-state index in [0.29, 0.717) is 30.3 Å². The molecule has 140 valence electrons. The van der Waals surface area contributed by atoms with Gasteiger partial charge >= 0.3 is 0 Å². The van der Waals surface area contributed by atoms with E-state index >= 15 is 0 Å². The summed E-state index contributed by atoms with van der Waals surface area (Å²) in [6.45, 7) is 6.65. The Kier molecular flexibility index (Phi) is 6.38. The van der Waals surface area contributed by atoms with Crippen LogP contribution in [0.2, 0.25) is 0 Å². The molecule has 0 N–H and O–H groups in total. The Labute approximate surface area is 153 Å². The zero-order chi connectivity index (χ0) is 19.3. The Morgan fingerprint density at radius 2 is 1.77 bits per heavy atom. The van der Waals surface area contributed by atoms with Crippen molar-refractivity contribution in [3.8, 4) is 22.8 Å². The first-order valence-corrected chi connectivity index (χ1v) is 8.57. The van der Waals surface area contributed by atoms with Crippen molar-refractivity contribution in [2.24, 2.45) is 0 Å². The predicted octanol–water partition coefficient (Wildman–Crippen LogP) is 2.36. The molecule has 0 unspecified atom stereocenters. The fraction of sp³-hybridized carbons (Fsp3) is 0.421. The third-order valence-electron chi connectivity index (χ3n) is 4.30. The summed E-state index contributed by atoms with van der Waals surface area (Å²) >= 11 is 0. The summed E-state index contributed by atoms with van der Waals surface area (Å²) in [6.07, 6.45) is 0. The molecule has 7 heteroatoms. The molecule has 0 fully saturated rings. The van der Waals surface area contributed by atoms with Crippen LogP contribution in [0.5, 0.6) is 11.5 Å². The van der Waals surface area contributed by atoms with E-state index in [1.165, 1.54) is 17.9 Å². The molecule has 0 radical (unpaired) electrons. The first-order valence-electron chi connectivity index (χ1n) is 8.57. The Bertz CT molecular complexity index is 811. The molecule has 0 saturated heterocycles. The molecule has 0 aliphatic rings. The fourth-order valence-corrected chi connectivity index (χ4v) is 2.74. The molecule has 7 nitrogen and oxygen atoms in total. The monoisotopic (exact) mass is 359 g/mol. The molecular weight excluding hydrogens is 334 g/mol. The minimum atomic E-state index is -0.703. The van der Waals surface area contributed by atoms with Crippen molar-refractivity contribution in [2.45, 2.75) is 26.8 Å². The zero-order valence-electron chi connectivity index (χ0n) is 15.9. The maximum Gasteiger partial charge on any atom is 0.271 e. The van der Waals surface area contributed by atoms with E-state index in [1.54, 1.807) is 31.1 Å². The second kappa shape index (κ2) is 8.51. The third-order valence-corrected chi connectivity index (χ3v) is 4.30. The number of hydrogen-bond acceptors (Lipinski definition) is 5. The lowest BCUT2D eigenvalue weighted by Crippen LogP contribution is -2.40. The lowest BCUT2D eigenvalue weighted by Gasteiger charge is -2.24. The number of nitrogens with zero attached hydrogens (tertiary/aromatic N) is 3. The number of hydrogen-bond donors (Lipinski definition) is 0. The van der Waals surface area contributed by atoms with Crippen LogP contribution >= 0.6 is 0 Å². The van der Waals surface area contributed by atoms with Crippen LogP contribution in [0.3, 0.4) is 0 Å². The quantitative estimate of drug-likeness (QED) is 0.759. The van der Waals surface area contributed by atoms with E-state index in [-0.39, 0.29) is 11.5 Å². The molecule has 0 spiro atoms. The molecule has 0 bridgehead atoms. The van der Waals surface area contributed by atoms with Crippen LogP contribution in [0.15, 0.2) is 35.1 Å². The van der Waals surface area contributed by atoms with Gasteiger partial charge < -0.3 is 14.4 Å². The van der Waals surface area contributed by atoms with Crippen molar-refractivity contribution in [1.82, 2.24) is 14.7 Å². The molecule has 2 rings (SSSR count). The van der Waals surface area contributed by atoms with Gasteiger partial charge in [0.2, 0.25) is 5.91 Å². The maximum absolute atomic E-state index is 12.6. The highest BCUT2D eigenvalue weighted by Crippen LogP contribution is 2.28. The van der Waals surface area contributed by atoms with Crippen LogP contribution in [0.4, 0.5) is 0 Å². The number of carbonyl (C=O) groups excluding carboxylic acids is 1. The summed E-state index contributed by atoms with van der Waals surface area (Å²) in [5, 5.41) is 4.43. The molecular formula is C19H25N3O4. The lowest BCUT2D eigenvalue weighted by molar-refractivity contribution is -0.134. The van der Waals surface area contributed by atoms with Gasteiger partial charge in [-0.1, -0.05) is 0 Å². The normalized spacial score (nSPS) is 11.7. The minimum Gasteiger partial charge on any atom is -0.497 e. The number of carbonyl (C=O) groups is 1. The zero-order valence-corrected chi connectivity index (χ0v) is 15.9. The average molecular weight is 359 g/mol. The van der Waals surface area contributed by atoms with E-state index in [2.05, 4.69) is 5.10 Å². The van der Waals surface area contributed by atoms with E-state index in [4.69, 9.17) is 9.47 Å². The molecule has 2 aromatic rings. The van der Waals surface area contributed by atoms with Gasteiger partial charge in [0.05, 0.1) is 14.2 Å². The number of aromatic nitrogens is 2. The molecule has 1 atom stereocenters. The van der Waals surface area contributed by atoms with Crippen molar-refractivity contribution < 1.29 is 14.3 Å². The van der Waals surface area contributed by atoms with Gasteiger partial charge in [-0.2, -0.15) is 5.10 Å². The van der Waals surface area contributed by atoms with Crippen LogP contribution in [0, 0.1) is 0 Å². The smallest absolute Gasteiger partial charge is 0.271 e. The van der Waals surface area contributed by atoms with Gasteiger partial charge in [0.25, 0.3) is 5.56 Å². The van der Waals surface area contributed by atoms with Gasteiger partial charge in [-0.15, -0.1) is 0 Å². The second-order valence-electron chi connectivity index (χ2n) is 5.76. The Morgan fingerprint density at radius 1 is 1.15 bits per heavy atom. The van der Waals surface area contributed by atoms with Crippen molar-refractivity contribution >= 4 is 5.91 Å². The Morgan fingerprint density at radius 3 is 2.27 bits per heavy atom. The summed E-state index contributed by atoms with van der Waals surface area (Å²) in [4.78, 5) is 26.8. The third kappa shape index (κ3) is 3.87. The molecule has 1 aromatic heterocycles. The van der Waals surface area contributed by atoms with Gasteiger partial charge in [0.15, 0.2) is 5.75 Å². The highest BCUT2D eigenvalue weighted by molar-refractivity contribution is 5.80. The van der Waals surface area contributed by atoms with Crippen LogP contribution in [-0.4, -0.2) is 47.9 Å². The number of likely N-dealkylation sites (N-methyl/N-ethyl adjacent to an activating group) is 1. The van der Waals surface area contributed by atoms with E-state index < -0.39 is 6.04 Å². The summed E-state index contributed by atoms with van der Waals surface area (Å²) in [5.74, 6) is 0.931. The number of amides is 1. The SMILES string of the molecule is CCN(CC)C(=O)[C@@H](C)n1nc(-c2ccc(OC)cc2)c(OC)cc1=O. The van der Waals surface area contributed by atoms with Crippen molar-refractivity contribution in [1.29, 1.82) is 0 Å². The standard InChI is InChI=1S/C19H25N3O4/c1-6-21(7-2)19(24)13(3)22-17(23)12-16(26-5)18(20-22)14-8-10-15(25-4)11-9-14/h8-13H,6-7H2,1-5H3/t13-/m1/s1. The first kappa shape index (κ1) is 19.5. The van der Waals surface area contributed by atoms with Crippen molar-refractivity contribution in [3.05, 3.63) is 40.7 Å². The number of benzene rings is 1. The molecule has 0 aliphatic heterocycles. The summed E-state index contributed by atoms with van der Waals surface area (Å²) in [6, 6.07) is 7.92. The van der Waals surface area contributed by atoms with Gasteiger partial charge in [-0.05, 0) is 45.0 Å². The maximum atomic E-state index is 12.6. The first-order chi connectivity index (χ1) is 12.5. The Balaban J connectivity index is 2.51. The average Bonchev–Trinajstić information content (AvgIpc) is 2.68. The van der Waals surface area contributed by atoms with Gasteiger partial charge in [0.1, 0.15) is 17.5 Å². The number of rotatable bonds is 7. The lowest BCUT2D eigenvalue weighted by atomic mass is 10.1. The van der Waals surface area contributed by atoms with Crippen LogP contribution < -0.4 is 15.0 Å². The number of ether oxygens (including phenoxy) is 2. The highest BCUT2D eigenvalue weighted by atomic mass is 16.5. The largest absolute Gasteiger partial charge is 0.497 e. The van der Waals surface area contributed by atoms with Crippen LogP contribution in [0.1, 0.15) is 26.8 Å². The van der Waals surface area contributed by atoms with E-state index in [0.717, 1.165) is 5.56 Å².